The molecular formula is C26H35FN4O5. The summed E-state index contributed by atoms with van der Waals surface area (Å²) in [5.41, 5.74) is -0.0626. The summed E-state index contributed by atoms with van der Waals surface area (Å²) in [6, 6.07) is 4.29. The molecule has 0 aliphatic heterocycles. The van der Waals surface area contributed by atoms with E-state index in [4.69, 9.17) is 9.47 Å². The van der Waals surface area contributed by atoms with Gasteiger partial charge < -0.3 is 14.8 Å². The molecule has 1 saturated carbocycles. The molecule has 1 aliphatic rings. The van der Waals surface area contributed by atoms with E-state index < -0.39 is 23.2 Å². The van der Waals surface area contributed by atoms with Crippen molar-refractivity contribution in [3.05, 3.63) is 57.1 Å². The lowest BCUT2D eigenvalue weighted by atomic mass is 9.79. The van der Waals surface area contributed by atoms with Gasteiger partial charge in [0, 0.05) is 24.8 Å². The molecule has 0 spiro atoms. The number of nitrogens with one attached hydrogen (secondary N) is 1. The maximum absolute atomic E-state index is 14.6. The Morgan fingerprint density at radius 1 is 1.31 bits per heavy atom. The van der Waals surface area contributed by atoms with Gasteiger partial charge in [-0.1, -0.05) is 19.1 Å². The second kappa shape index (κ2) is 12.0. The van der Waals surface area contributed by atoms with Crippen molar-refractivity contribution in [1.29, 1.82) is 0 Å². The first kappa shape index (κ1) is 27.2. The summed E-state index contributed by atoms with van der Waals surface area (Å²) < 4.78 is 27.2. The molecule has 0 amide bonds. The van der Waals surface area contributed by atoms with E-state index in [0.29, 0.717) is 11.6 Å². The fourth-order valence-corrected chi connectivity index (χ4v) is 4.30. The van der Waals surface area contributed by atoms with Crippen LogP contribution in [0.2, 0.25) is 0 Å². The zero-order chi connectivity index (χ0) is 26.4. The lowest BCUT2D eigenvalue weighted by molar-refractivity contribution is -0.143. The minimum atomic E-state index is -0.806. The highest BCUT2D eigenvalue weighted by atomic mass is 19.1. The summed E-state index contributed by atoms with van der Waals surface area (Å²) in [5.74, 6) is -0.504. The summed E-state index contributed by atoms with van der Waals surface area (Å²) in [6.07, 6.45) is 2.42. The van der Waals surface area contributed by atoms with Crippen molar-refractivity contribution < 1.29 is 18.7 Å². The molecule has 0 radical (unpaired) electrons. The van der Waals surface area contributed by atoms with E-state index in [1.165, 1.54) is 16.7 Å². The van der Waals surface area contributed by atoms with E-state index in [1.807, 2.05) is 0 Å². The second-order valence-corrected chi connectivity index (χ2v) is 9.49. The van der Waals surface area contributed by atoms with E-state index in [2.05, 4.69) is 23.8 Å². The first-order valence-corrected chi connectivity index (χ1v) is 12.4. The molecule has 9 nitrogen and oxygen atoms in total. The maximum atomic E-state index is 14.6. The monoisotopic (exact) mass is 502 g/mol. The minimum Gasteiger partial charge on any atom is -0.488 e. The number of esters is 1. The Morgan fingerprint density at radius 2 is 2.06 bits per heavy atom. The zero-order valence-electron chi connectivity index (χ0n) is 21.4. The van der Waals surface area contributed by atoms with Crippen LogP contribution in [0.5, 0.6) is 5.75 Å². The van der Waals surface area contributed by atoms with Gasteiger partial charge in [0.15, 0.2) is 11.6 Å². The fourth-order valence-electron chi connectivity index (χ4n) is 4.30. The number of ether oxygens (including phenoxy) is 2. The SMILES string of the molecule is C=C1CC[C@@H](C)CC1Cn1c(Nc2ccc(OC(C)C)c(F)c2)nc(=O)n(CCC(=O)OCC)c1=O. The fraction of sp³-hybridized carbons (Fsp3) is 0.538. The minimum absolute atomic E-state index is 0.000314. The number of carbonyl (C=O) groups excluding carboxylic acids is 1. The van der Waals surface area contributed by atoms with Crippen molar-refractivity contribution in [2.75, 3.05) is 11.9 Å². The van der Waals surface area contributed by atoms with E-state index in [1.54, 1.807) is 26.8 Å². The average molecular weight is 503 g/mol. The topological polar surface area (TPSA) is 104 Å². The van der Waals surface area contributed by atoms with Gasteiger partial charge >= 0.3 is 17.3 Å². The van der Waals surface area contributed by atoms with Crippen LogP contribution in [0.3, 0.4) is 0 Å². The number of halogens is 1. The molecular weight excluding hydrogens is 467 g/mol. The van der Waals surface area contributed by atoms with Crippen molar-refractivity contribution in [2.24, 2.45) is 11.8 Å². The molecule has 2 aromatic rings. The number of hydrogen-bond acceptors (Lipinski definition) is 7. The van der Waals surface area contributed by atoms with E-state index >= 15 is 0 Å². The molecule has 1 aliphatic carbocycles. The molecule has 196 valence electrons. The Bertz CT molecular complexity index is 1220. The average Bonchev–Trinajstić information content (AvgIpc) is 2.80. The van der Waals surface area contributed by atoms with Crippen LogP contribution in [0.4, 0.5) is 16.0 Å². The highest BCUT2D eigenvalue weighted by Crippen LogP contribution is 2.33. The largest absolute Gasteiger partial charge is 0.488 e. The van der Waals surface area contributed by atoms with E-state index in [0.717, 1.165) is 29.4 Å². The molecule has 2 atom stereocenters. The number of hydrogen-bond donors (Lipinski definition) is 1. The predicted octanol–water partition coefficient (Wildman–Crippen LogP) is 4.02. The maximum Gasteiger partial charge on any atom is 0.354 e. The molecule has 1 heterocycles. The second-order valence-electron chi connectivity index (χ2n) is 9.49. The lowest BCUT2D eigenvalue weighted by Crippen LogP contribution is -2.44. The van der Waals surface area contributed by atoms with Gasteiger partial charge in [0.25, 0.3) is 0 Å². The highest BCUT2D eigenvalue weighted by molar-refractivity contribution is 5.69. The number of benzene rings is 1. The summed E-state index contributed by atoms with van der Waals surface area (Å²) in [4.78, 5) is 42.1. The smallest absolute Gasteiger partial charge is 0.354 e. The Kier molecular flexibility index (Phi) is 9.06. The van der Waals surface area contributed by atoms with Gasteiger partial charge in [-0.2, -0.15) is 4.98 Å². The summed E-state index contributed by atoms with van der Waals surface area (Å²) in [5, 5.41) is 2.93. The van der Waals surface area contributed by atoms with E-state index in [9.17, 15) is 18.8 Å². The molecule has 3 rings (SSSR count). The van der Waals surface area contributed by atoms with Gasteiger partial charge in [-0.15, -0.1) is 0 Å². The third kappa shape index (κ3) is 6.83. The Labute approximate surface area is 210 Å². The number of carbonyl (C=O) groups is 1. The van der Waals surface area contributed by atoms with Gasteiger partial charge in [0.05, 0.1) is 19.1 Å². The number of rotatable bonds is 10. The molecule has 0 bridgehead atoms. The Balaban J connectivity index is 1.98. The Hall–Kier alpha value is -3.43. The van der Waals surface area contributed by atoms with Crippen LogP contribution in [0.15, 0.2) is 39.9 Å². The van der Waals surface area contributed by atoms with Crippen LogP contribution in [0.25, 0.3) is 0 Å². The van der Waals surface area contributed by atoms with Crippen molar-refractivity contribution in [3.63, 3.8) is 0 Å². The van der Waals surface area contributed by atoms with Gasteiger partial charge in [-0.3, -0.25) is 9.36 Å². The number of allylic oxidation sites excluding steroid dienone is 1. The van der Waals surface area contributed by atoms with E-state index in [-0.39, 0.29) is 49.8 Å². The number of aromatic nitrogens is 3. The summed E-state index contributed by atoms with van der Waals surface area (Å²) in [6.45, 7) is 11.9. The molecule has 0 saturated heterocycles. The zero-order valence-corrected chi connectivity index (χ0v) is 21.4. The molecule has 1 fully saturated rings. The van der Waals surface area contributed by atoms with Crippen LogP contribution in [0, 0.1) is 17.7 Å². The van der Waals surface area contributed by atoms with Crippen molar-refractivity contribution >= 4 is 17.6 Å². The van der Waals surface area contributed by atoms with Gasteiger partial charge in [0.2, 0.25) is 5.95 Å². The third-order valence-corrected chi connectivity index (χ3v) is 6.17. The molecule has 1 aromatic carbocycles. The third-order valence-electron chi connectivity index (χ3n) is 6.17. The van der Waals surface area contributed by atoms with Crippen LogP contribution in [-0.4, -0.2) is 32.8 Å². The standard InChI is InChI=1S/C26H35FN4O5/c1-6-35-23(32)11-12-30-25(33)29-24(28-20-9-10-22(21(27)14-20)36-16(2)3)31(26(30)34)15-19-13-17(4)7-8-18(19)5/h9-10,14,16-17,19H,5-8,11-13,15H2,1-4H3,(H,28,29,33)/t17-,19?/m1/s1. The molecule has 1 N–H and O–H groups in total. The van der Waals surface area contributed by atoms with Crippen molar-refractivity contribution in [2.45, 2.75) is 72.6 Å². The van der Waals surface area contributed by atoms with Gasteiger partial charge in [-0.25, -0.2) is 18.5 Å². The number of nitrogens with zero attached hydrogens (tertiary/aromatic N) is 3. The van der Waals surface area contributed by atoms with Crippen LogP contribution < -0.4 is 21.4 Å². The molecule has 1 aromatic heterocycles. The van der Waals surface area contributed by atoms with Crippen LogP contribution in [-0.2, 0) is 22.6 Å². The normalized spacial score (nSPS) is 17.8. The van der Waals surface area contributed by atoms with Gasteiger partial charge in [0.1, 0.15) is 0 Å². The van der Waals surface area contributed by atoms with Gasteiger partial charge in [-0.05, 0) is 64.0 Å². The van der Waals surface area contributed by atoms with Crippen molar-refractivity contribution in [1.82, 2.24) is 14.1 Å². The van der Waals surface area contributed by atoms with Crippen LogP contribution >= 0.6 is 0 Å². The molecule has 36 heavy (non-hydrogen) atoms. The Morgan fingerprint density at radius 3 is 2.72 bits per heavy atom. The van der Waals surface area contributed by atoms with Crippen LogP contribution in [0.1, 0.15) is 53.4 Å². The lowest BCUT2D eigenvalue weighted by Gasteiger charge is -2.30. The first-order chi connectivity index (χ1) is 17.1. The first-order valence-electron chi connectivity index (χ1n) is 12.4. The van der Waals surface area contributed by atoms with Crippen molar-refractivity contribution in [3.8, 4) is 5.75 Å². The quantitative estimate of drug-likeness (QED) is 0.386. The molecule has 1 unspecified atom stereocenters. The molecule has 10 heteroatoms. The summed E-state index contributed by atoms with van der Waals surface area (Å²) in [7, 11) is 0. The highest BCUT2D eigenvalue weighted by Gasteiger charge is 2.25. The predicted molar refractivity (Wildman–Crippen MR) is 135 cm³/mol. The summed E-state index contributed by atoms with van der Waals surface area (Å²) >= 11 is 0. The number of anilines is 2.